The fraction of sp³-hybridized carbons (Fsp3) is 0.407. The largest absolute Gasteiger partial charge is 0.481 e. The Morgan fingerprint density at radius 1 is 1.16 bits per heavy atom. The van der Waals surface area contributed by atoms with Crippen molar-refractivity contribution in [2.45, 2.75) is 63.2 Å². The van der Waals surface area contributed by atoms with Gasteiger partial charge in [0.2, 0.25) is 5.91 Å². The number of carboxylic acids is 1. The molecular weight excluding hydrogens is 517 g/mol. The van der Waals surface area contributed by atoms with Crippen LogP contribution in [-0.4, -0.2) is 39.3 Å². The number of benzene rings is 1. The number of carbonyl (C=O) groups excluding carboxylic acids is 1. The lowest BCUT2D eigenvalue weighted by Crippen LogP contribution is -2.43. The molecule has 2 aliphatic carbocycles. The summed E-state index contributed by atoms with van der Waals surface area (Å²) in [5, 5.41) is 14.2. The van der Waals surface area contributed by atoms with Crippen LogP contribution in [0.4, 0.5) is 5.69 Å². The van der Waals surface area contributed by atoms with E-state index in [1.165, 1.54) is 0 Å². The van der Waals surface area contributed by atoms with E-state index in [4.69, 9.17) is 37.6 Å². The summed E-state index contributed by atoms with van der Waals surface area (Å²) in [6.07, 6.45) is 5.38. The van der Waals surface area contributed by atoms with Crippen molar-refractivity contribution in [1.29, 1.82) is 0 Å². The predicted molar refractivity (Wildman–Crippen MR) is 137 cm³/mol. The zero-order valence-electron chi connectivity index (χ0n) is 19.9. The standard InChI is InChI=1S/C27H25Cl2N3O5/c28-20-2-1-3-21(29)24(20)25-19(26(37-31-25)14-4-5-14)13-36-22-11-17-10-18(22)27(35)32(17)16-8-6-15(30-12-16)7-9-23(33)34/h1-3,6,8,12,14,17-18,22H,4-5,7,9-11,13H2,(H,33,34)/t17-,18+,22+/m0/s1. The van der Waals surface area contributed by atoms with E-state index in [0.717, 1.165) is 42.7 Å². The third kappa shape index (κ3) is 4.62. The number of pyridine rings is 1. The molecule has 3 aliphatic rings. The summed E-state index contributed by atoms with van der Waals surface area (Å²) in [5.41, 5.74) is 3.52. The first-order chi connectivity index (χ1) is 17.9. The molecule has 2 saturated carbocycles. The Morgan fingerprint density at radius 2 is 1.95 bits per heavy atom. The minimum absolute atomic E-state index is 0.0255. The molecule has 37 heavy (non-hydrogen) atoms. The zero-order chi connectivity index (χ0) is 25.7. The highest BCUT2D eigenvalue weighted by atomic mass is 35.5. The van der Waals surface area contributed by atoms with Gasteiger partial charge in [0.05, 0.1) is 47.0 Å². The molecule has 192 valence electrons. The number of hydrogen-bond donors (Lipinski definition) is 1. The molecule has 2 aromatic heterocycles. The Morgan fingerprint density at radius 3 is 2.59 bits per heavy atom. The highest BCUT2D eigenvalue weighted by molar-refractivity contribution is 6.39. The summed E-state index contributed by atoms with van der Waals surface area (Å²) < 4.78 is 12.1. The molecule has 1 aromatic carbocycles. The van der Waals surface area contributed by atoms with E-state index in [9.17, 15) is 9.59 Å². The number of nitrogens with zero attached hydrogens (tertiary/aromatic N) is 3. The van der Waals surface area contributed by atoms with Gasteiger partial charge < -0.3 is 19.3 Å². The van der Waals surface area contributed by atoms with Crippen LogP contribution < -0.4 is 4.90 Å². The van der Waals surface area contributed by atoms with Crippen molar-refractivity contribution >= 4 is 40.8 Å². The lowest BCUT2D eigenvalue weighted by Gasteiger charge is -2.31. The average Bonchev–Trinajstić information content (AvgIpc) is 3.38. The Kier molecular flexibility index (Phi) is 6.42. The van der Waals surface area contributed by atoms with Gasteiger partial charge in [-0.15, -0.1) is 0 Å². The molecule has 6 rings (SSSR count). The van der Waals surface area contributed by atoms with Crippen LogP contribution in [0.1, 0.15) is 55.0 Å². The molecule has 0 spiro atoms. The summed E-state index contributed by atoms with van der Waals surface area (Å²) in [7, 11) is 0. The fourth-order valence-corrected chi connectivity index (χ4v) is 6.08. The lowest BCUT2D eigenvalue weighted by atomic mass is 10.0. The van der Waals surface area contributed by atoms with Crippen molar-refractivity contribution in [3.05, 3.63) is 63.6 Å². The van der Waals surface area contributed by atoms with Crippen molar-refractivity contribution < 1.29 is 24.0 Å². The molecule has 1 N–H and O–H groups in total. The van der Waals surface area contributed by atoms with Gasteiger partial charge in [-0.2, -0.15) is 0 Å². The Bertz CT molecular complexity index is 1330. The summed E-state index contributed by atoms with van der Waals surface area (Å²) >= 11 is 12.9. The molecule has 3 fully saturated rings. The van der Waals surface area contributed by atoms with Crippen molar-refractivity contribution in [2.75, 3.05) is 4.90 Å². The molecule has 10 heteroatoms. The molecular formula is C27H25Cl2N3O5. The van der Waals surface area contributed by atoms with Gasteiger partial charge in [0.15, 0.2) is 0 Å². The molecule has 3 atom stereocenters. The molecule has 8 nitrogen and oxygen atoms in total. The van der Waals surface area contributed by atoms with Gasteiger partial charge >= 0.3 is 5.97 Å². The van der Waals surface area contributed by atoms with Crippen LogP contribution in [0.25, 0.3) is 11.3 Å². The van der Waals surface area contributed by atoms with Crippen LogP contribution in [0.5, 0.6) is 0 Å². The second-order valence-electron chi connectivity index (χ2n) is 9.94. The highest BCUT2D eigenvalue weighted by Crippen LogP contribution is 2.47. The second kappa shape index (κ2) is 9.74. The van der Waals surface area contributed by atoms with Crippen LogP contribution in [0.15, 0.2) is 41.1 Å². The van der Waals surface area contributed by atoms with Crippen LogP contribution in [0.2, 0.25) is 10.0 Å². The molecule has 0 radical (unpaired) electrons. The van der Waals surface area contributed by atoms with Gasteiger partial charge in [-0.3, -0.25) is 14.6 Å². The topological polar surface area (TPSA) is 106 Å². The quantitative estimate of drug-likeness (QED) is 0.373. The van der Waals surface area contributed by atoms with Crippen molar-refractivity contribution in [3.8, 4) is 11.3 Å². The number of amides is 1. The van der Waals surface area contributed by atoms with E-state index >= 15 is 0 Å². The van der Waals surface area contributed by atoms with Gasteiger partial charge in [-0.25, -0.2) is 0 Å². The van der Waals surface area contributed by atoms with Crippen molar-refractivity contribution in [2.24, 2.45) is 5.92 Å². The zero-order valence-corrected chi connectivity index (χ0v) is 21.4. The van der Waals surface area contributed by atoms with E-state index in [1.54, 1.807) is 30.5 Å². The fourth-order valence-electron chi connectivity index (χ4n) is 5.51. The van der Waals surface area contributed by atoms with Gasteiger partial charge in [0.25, 0.3) is 0 Å². The number of piperidine rings is 1. The summed E-state index contributed by atoms with van der Waals surface area (Å²) in [6.45, 7) is 0.271. The average molecular weight is 542 g/mol. The second-order valence-corrected chi connectivity index (χ2v) is 10.8. The minimum Gasteiger partial charge on any atom is -0.481 e. The number of anilines is 1. The number of aryl methyl sites for hydroxylation is 1. The van der Waals surface area contributed by atoms with Crippen LogP contribution in [0.3, 0.4) is 0 Å². The molecule has 1 saturated heterocycles. The summed E-state index contributed by atoms with van der Waals surface area (Å²) in [5.74, 6) is 0.0820. The number of ether oxygens (including phenoxy) is 1. The normalized spacial score (nSPS) is 22.7. The number of rotatable bonds is 9. The maximum atomic E-state index is 13.3. The third-order valence-corrected chi connectivity index (χ3v) is 8.12. The van der Waals surface area contributed by atoms with E-state index < -0.39 is 5.97 Å². The first-order valence-corrected chi connectivity index (χ1v) is 13.2. The van der Waals surface area contributed by atoms with E-state index in [2.05, 4.69) is 10.1 Å². The third-order valence-electron chi connectivity index (χ3n) is 7.49. The maximum absolute atomic E-state index is 13.3. The van der Waals surface area contributed by atoms with E-state index in [0.29, 0.717) is 39.3 Å². The molecule has 1 aliphatic heterocycles. The van der Waals surface area contributed by atoms with Crippen molar-refractivity contribution in [3.63, 3.8) is 0 Å². The first-order valence-electron chi connectivity index (χ1n) is 12.4. The monoisotopic (exact) mass is 541 g/mol. The van der Waals surface area contributed by atoms with Gasteiger partial charge in [0.1, 0.15) is 11.5 Å². The number of aromatic nitrogens is 2. The Labute approximate surface area is 223 Å². The predicted octanol–water partition coefficient (Wildman–Crippen LogP) is 5.65. The van der Waals surface area contributed by atoms with Gasteiger partial charge in [-0.1, -0.05) is 34.4 Å². The SMILES string of the molecule is O=C(O)CCc1ccc(N2C(=O)[C@@H]3C[C@H]2C[C@H]3OCc2c(-c3c(Cl)cccc3Cl)noc2C2CC2)cn1. The number of aliphatic carboxylic acids is 1. The van der Waals surface area contributed by atoms with Crippen LogP contribution in [-0.2, 0) is 27.4 Å². The smallest absolute Gasteiger partial charge is 0.303 e. The highest BCUT2D eigenvalue weighted by Gasteiger charge is 2.52. The molecule has 3 heterocycles. The number of carboxylic acid groups (broad SMARTS) is 1. The Hall–Kier alpha value is -2.94. The number of fused-ring (bicyclic) bond motifs is 2. The number of hydrogen-bond acceptors (Lipinski definition) is 6. The molecule has 1 amide bonds. The molecule has 0 unspecified atom stereocenters. The maximum Gasteiger partial charge on any atom is 0.303 e. The van der Waals surface area contributed by atoms with Gasteiger partial charge in [0, 0.05) is 35.2 Å². The summed E-state index contributed by atoms with van der Waals surface area (Å²) in [6, 6.07) is 9.01. The van der Waals surface area contributed by atoms with Crippen LogP contribution >= 0.6 is 23.2 Å². The first kappa shape index (κ1) is 24.4. The minimum atomic E-state index is -0.860. The molecule has 2 bridgehead atoms. The molecule has 3 aromatic rings. The Balaban J connectivity index is 1.16. The van der Waals surface area contributed by atoms with Crippen molar-refractivity contribution in [1.82, 2.24) is 10.1 Å². The lowest BCUT2D eigenvalue weighted by molar-refractivity contribution is -0.137. The summed E-state index contributed by atoms with van der Waals surface area (Å²) in [4.78, 5) is 30.2. The van der Waals surface area contributed by atoms with Gasteiger partial charge in [-0.05, 0) is 49.9 Å². The number of halogens is 2. The van der Waals surface area contributed by atoms with Crippen LogP contribution in [0, 0.1) is 5.92 Å². The van der Waals surface area contributed by atoms with E-state index in [-0.39, 0.29) is 37.0 Å². The van der Waals surface area contributed by atoms with E-state index in [1.807, 2.05) is 11.0 Å². The number of carbonyl (C=O) groups is 2.